The van der Waals surface area contributed by atoms with Crippen molar-refractivity contribution in [2.45, 2.75) is 22.2 Å². The van der Waals surface area contributed by atoms with Gasteiger partial charge in [-0.05, 0) is 17.1 Å². The summed E-state index contributed by atoms with van der Waals surface area (Å²) < 4.78 is 4.55. The van der Waals surface area contributed by atoms with Gasteiger partial charge < -0.3 is 37.0 Å². The molecule has 2 atom stereocenters. The van der Waals surface area contributed by atoms with Crippen molar-refractivity contribution >= 4 is 80.9 Å². The van der Waals surface area contributed by atoms with Gasteiger partial charge in [0.05, 0.1) is 6.20 Å². The molecule has 3 amide bonds. The Labute approximate surface area is 261 Å². The number of hydrogen-bond acceptors (Lipinski definition) is 17. The first-order valence-electron chi connectivity index (χ1n) is 12.0. The number of hydrogen-bond donors (Lipinski definition) is 6. The van der Waals surface area contributed by atoms with Crippen LogP contribution in [0.1, 0.15) is 21.9 Å². The molecular weight excluding hydrogens is 663 g/mol. The van der Waals surface area contributed by atoms with Crippen molar-refractivity contribution < 1.29 is 39.4 Å². The van der Waals surface area contributed by atoms with Crippen LogP contribution in [0.15, 0.2) is 43.1 Å². The van der Waals surface area contributed by atoms with E-state index in [1.165, 1.54) is 17.1 Å². The lowest BCUT2D eigenvalue weighted by Crippen LogP contribution is -2.71. The lowest BCUT2D eigenvalue weighted by molar-refractivity contribution is -0.150. The summed E-state index contributed by atoms with van der Waals surface area (Å²) in [6.07, 6.45) is 0.758. The third-order valence-corrected chi connectivity index (χ3v) is 10.1. The number of nitrogens with two attached hydrogens (primary N) is 2. The zero-order valence-electron chi connectivity index (χ0n) is 21.8. The predicted molar refractivity (Wildman–Crippen MR) is 156 cm³/mol. The van der Waals surface area contributed by atoms with Gasteiger partial charge in [0.15, 0.2) is 28.9 Å². The molecule has 0 aliphatic carbocycles. The van der Waals surface area contributed by atoms with E-state index in [4.69, 9.17) is 16.3 Å². The van der Waals surface area contributed by atoms with E-state index < -0.39 is 52.9 Å². The zero-order chi connectivity index (χ0) is 31.7. The number of oxime groups is 1. The molecule has 0 spiro atoms. The van der Waals surface area contributed by atoms with Gasteiger partial charge >= 0.3 is 5.97 Å². The number of thiazole rings is 1. The molecule has 1 fully saturated rings. The number of carbonyl (C=O) groups is 4. The number of carboxylic acids is 1. The molecule has 3 aromatic rings. The summed E-state index contributed by atoms with van der Waals surface area (Å²) in [5, 5.41) is 40.0. The highest BCUT2D eigenvalue weighted by atomic mass is 32.2. The maximum absolute atomic E-state index is 13.3. The number of anilines is 1. The highest BCUT2D eigenvalue weighted by molar-refractivity contribution is 8.02. The van der Waals surface area contributed by atoms with Crippen molar-refractivity contribution in [3.05, 3.63) is 56.2 Å². The maximum atomic E-state index is 13.3. The standard InChI is InChI=1S/C22H19N9O9S4/c23-16(34)13-21(44-29-27-13)42-5-7-4-41-19-14(18(36)31(19)15(7)20(37)38)26-17(35)12(9-6-43-22(24)25-9)28-40-3-8-1-10(32)11(33)2-30(8)39/h1-2,6,14,19,33,39H,3-5H2,(H2,23,34)(H2,24,25)(H,26,35)(H,37,38)/t14-,19-/m1/s1. The van der Waals surface area contributed by atoms with Crippen LogP contribution in [0, 0.1) is 0 Å². The molecule has 22 heteroatoms. The molecule has 0 aromatic carbocycles. The lowest BCUT2D eigenvalue weighted by atomic mass is 10.0. The molecule has 2 aliphatic heterocycles. The third kappa shape index (κ3) is 6.04. The van der Waals surface area contributed by atoms with Gasteiger partial charge in [-0.1, -0.05) is 9.64 Å². The smallest absolute Gasteiger partial charge is 0.352 e. The Balaban J connectivity index is 1.31. The average Bonchev–Trinajstić information content (AvgIpc) is 3.63. The number of carbonyl (C=O) groups excluding carboxylic acids is 3. The highest BCUT2D eigenvalue weighted by Crippen LogP contribution is 2.42. The third-order valence-electron chi connectivity index (χ3n) is 6.04. The van der Waals surface area contributed by atoms with Crippen molar-refractivity contribution in [1.29, 1.82) is 0 Å². The fourth-order valence-electron chi connectivity index (χ4n) is 4.01. The Hall–Kier alpha value is -4.67. The number of aliphatic carboxylic acids is 1. The minimum absolute atomic E-state index is 0.00957. The summed E-state index contributed by atoms with van der Waals surface area (Å²) in [4.78, 5) is 72.1. The second-order valence-electron chi connectivity index (χ2n) is 8.82. The molecule has 8 N–H and O–H groups in total. The van der Waals surface area contributed by atoms with Gasteiger partial charge in [0.2, 0.25) is 5.43 Å². The van der Waals surface area contributed by atoms with E-state index in [2.05, 4.69) is 25.0 Å². The van der Waals surface area contributed by atoms with Crippen LogP contribution in [0.3, 0.4) is 0 Å². The van der Waals surface area contributed by atoms with Gasteiger partial charge in [0, 0.05) is 23.0 Å². The quantitative estimate of drug-likeness (QED) is 0.0477. The fourth-order valence-corrected chi connectivity index (χ4v) is 7.77. The number of thioether (sulfide) groups is 2. The fraction of sp³-hybridized carbons (Fsp3) is 0.227. The second kappa shape index (κ2) is 12.5. The van der Waals surface area contributed by atoms with Crippen LogP contribution in [0.5, 0.6) is 5.75 Å². The van der Waals surface area contributed by atoms with E-state index in [1.54, 1.807) is 0 Å². The number of primary amides is 1. The largest absolute Gasteiger partial charge is 0.503 e. The SMILES string of the molecule is NC(=O)c1nnsc1SCC1=C(C(=O)O)N2C(=O)[C@@H](NC(=O)C(=NOCc3cc(=O)c(O)cn3O)c3csc(N)n3)[C@H]2SC1. The molecule has 3 aromatic heterocycles. The first-order chi connectivity index (χ1) is 21.0. The maximum Gasteiger partial charge on any atom is 0.352 e. The number of β-lactam (4-membered cyclic amide) rings is 1. The number of pyridine rings is 1. The normalized spacial score (nSPS) is 18.0. The van der Waals surface area contributed by atoms with Crippen molar-refractivity contribution in [1.82, 2.24) is 29.5 Å². The van der Waals surface area contributed by atoms with Crippen molar-refractivity contribution in [3.8, 4) is 5.75 Å². The minimum Gasteiger partial charge on any atom is -0.503 e. The molecule has 1 saturated heterocycles. The molecule has 5 rings (SSSR count). The minimum atomic E-state index is -1.34. The topological polar surface area (TPSA) is 279 Å². The van der Waals surface area contributed by atoms with Crippen LogP contribution in [0.4, 0.5) is 5.13 Å². The van der Waals surface area contributed by atoms with Crippen LogP contribution >= 0.6 is 46.4 Å². The summed E-state index contributed by atoms with van der Waals surface area (Å²) in [7, 11) is 0. The summed E-state index contributed by atoms with van der Waals surface area (Å²) >= 11 is 4.28. The Kier molecular flexibility index (Phi) is 8.75. The van der Waals surface area contributed by atoms with Gasteiger partial charge in [0.25, 0.3) is 17.7 Å². The van der Waals surface area contributed by atoms with Crippen LogP contribution in [-0.2, 0) is 25.8 Å². The van der Waals surface area contributed by atoms with E-state index in [-0.39, 0.29) is 45.1 Å². The number of carboxylic acid groups (broad SMARTS) is 1. The van der Waals surface area contributed by atoms with Crippen LogP contribution in [0.25, 0.3) is 0 Å². The van der Waals surface area contributed by atoms with Crippen LogP contribution in [0.2, 0.25) is 0 Å². The molecule has 0 unspecified atom stereocenters. The number of amides is 3. The number of aromatic hydroxyl groups is 1. The van der Waals surface area contributed by atoms with E-state index in [0.717, 1.165) is 51.8 Å². The Morgan fingerprint density at radius 3 is 2.75 bits per heavy atom. The van der Waals surface area contributed by atoms with E-state index in [0.29, 0.717) is 14.5 Å². The van der Waals surface area contributed by atoms with Crippen LogP contribution in [-0.4, -0.2) is 91.9 Å². The predicted octanol–water partition coefficient (Wildman–Crippen LogP) is -0.768. The van der Waals surface area contributed by atoms with E-state index in [9.17, 15) is 39.4 Å². The molecule has 0 radical (unpaired) electrons. The molecule has 44 heavy (non-hydrogen) atoms. The number of aromatic nitrogens is 4. The van der Waals surface area contributed by atoms with Gasteiger partial charge in [-0.2, -0.15) is 4.73 Å². The average molecular weight is 682 g/mol. The van der Waals surface area contributed by atoms with Crippen molar-refractivity contribution in [3.63, 3.8) is 0 Å². The second-order valence-corrected chi connectivity index (χ2v) is 12.8. The molecule has 18 nitrogen and oxygen atoms in total. The Morgan fingerprint density at radius 2 is 2.07 bits per heavy atom. The molecule has 230 valence electrons. The number of rotatable bonds is 11. The first-order valence-corrected chi connectivity index (χ1v) is 15.7. The molecule has 5 heterocycles. The monoisotopic (exact) mass is 681 g/mol. The number of nitrogen functional groups attached to an aromatic ring is 1. The van der Waals surface area contributed by atoms with Gasteiger partial charge in [-0.25, -0.2) is 9.78 Å². The van der Waals surface area contributed by atoms with Crippen molar-refractivity contribution in [2.75, 3.05) is 17.2 Å². The number of nitrogens with one attached hydrogen (secondary N) is 1. The highest BCUT2D eigenvalue weighted by Gasteiger charge is 2.54. The van der Waals surface area contributed by atoms with Gasteiger partial charge in [-0.15, -0.1) is 40.0 Å². The Bertz CT molecular complexity index is 1800. The Morgan fingerprint density at radius 1 is 1.30 bits per heavy atom. The zero-order valence-corrected chi connectivity index (χ0v) is 25.0. The summed E-state index contributed by atoms with van der Waals surface area (Å²) in [6.45, 7) is -0.497. The lowest BCUT2D eigenvalue weighted by Gasteiger charge is -2.49. The summed E-state index contributed by atoms with van der Waals surface area (Å²) in [5.74, 6) is -4.06. The number of nitrogens with zero attached hydrogens (tertiary/aromatic N) is 6. The summed E-state index contributed by atoms with van der Waals surface area (Å²) in [5.41, 5.74) is 9.89. The van der Waals surface area contributed by atoms with Crippen molar-refractivity contribution in [2.24, 2.45) is 10.9 Å². The van der Waals surface area contributed by atoms with Crippen LogP contribution < -0.4 is 22.2 Å². The molecule has 2 aliphatic rings. The van der Waals surface area contributed by atoms with E-state index in [1.807, 2.05) is 0 Å². The van der Waals surface area contributed by atoms with Gasteiger partial charge in [-0.3, -0.25) is 24.1 Å². The number of fused-ring (bicyclic) bond motifs is 1. The molecule has 0 saturated carbocycles. The molecule has 0 bridgehead atoms. The summed E-state index contributed by atoms with van der Waals surface area (Å²) in [6, 6.07) is -0.220. The van der Waals surface area contributed by atoms with E-state index >= 15 is 0 Å². The van der Waals surface area contributed by atoms with Gasteiger partial charge in [0.1, 0.15) is 32.7 Å². The molecular formula is C22H19N9O9S4. The first kappa shape index (κ1) is 30.8.